The van der Waals surface area contributed by atoms with Gasteiger partial charge in [0, 0.05) is 36.5 Å². The normalized spacial score (nSPS) is 12.4. The molecule has 0 spiro atoms. The summed E-state index contributed by atoms with van der Waals surface area (Å²) >= 11 is 11.9. The lowest BCUT2D eigenvalue weighted by Crippen LogP contribution is -2.31. The second-order valence-electron chi connectivity index (χ2n) is 7.60. The van der Waals surface area contributed by atoms with Gasteiger partial charge in [0.1, 0.15) is 5.60 Å². The highest BCUT2D eigenvalue weighted by Gasteiger charge is 2.23. The summed E-state index contributed by atoms with van der Waals surface area (Å²) in [7, 11) is 1.34. The Hall–Kier alpha value is -1.24. The molecule has 1 rings (SSSR count). The number of halogens is 2. The van der Waals surface area contributed by atoms with E-state index in [0.29, 0.717) is 37.6 Å². The van der Waals surface area contributed by atoms with Gasteiger partial charge in [0.15, 0.2) is 0 Å². The Bertz CT molecular complexity index is 632. The number of benzene rings is 1. The number of ether oxygens (including phenoxy) is 1. The van der Waals surface area contributed by atoms with Gasteiger partial charge >= 0.3 is 5.97 Å². The minimum absolute atomic E-state index is 0.139. The highest BCUT2D eigenvalue weighted by atomic mass is 35.5. The number of anilines is 1. The molecule has 0 aromatic heterocycles. The maximum atomic E-state index is 12.4. The topological polar surface area (TPSA) is 58.6 Å². The van der Waals surface area contributed by atoms with E-state index >= 15 is 0 Å². The number of carbonyl (C=O) groups is 2. The van der Waals surface area contributed by atoms with Crippen molar-refractivity contribution < 1.29 is 14.3 Å². The maximum Gasteiger partial charge on any atom is 0.306 e. The Morgan fingerprint density at radius 3 is 2.46 bits per heavy atom. The van der Waals surface area contributed by atoms with Gasteiger partial charge in [0.05, 0.1) is 12.6 Å². The van der Waals surface area contributed by atoms with E-state index in [4.69, 9.17) is 27.9 Å². The fraction of sp³-hybridized carbons (Fsp3) is 0.600. The van der Waals surface area contributed by atoms with Crippen molar-refractivity contribution >= 4 is 48.5 Å². The number of rotatable bonds is 12. The molecule has 8 heteroatoms. The van der Waals surface area contributed by atoms with E-state index in [1.165, 1.54) is 7.41 Å². The molecule has 0 fully saturated rings. The molecule has 1 atom stereocenters. The Kier molecular flexibility index (Phi) is 10.9. The molecule has 28 heavy (non-hydrogen) atoms. The van der Waals surface area contributed by atoms with Crippen molar-refractivity contribution in [2.45, 2.75) is 45.6 Å². The molecule has 0 saturated heterocycles. The number of nitrogens with one attached hydrogen (secondary N) is 1. The number of alkyl halides is 2. The van der Waals surface area contributed by atoms with Crippen LogP contribution in [0.1, 0.15) is 44.2 Å². The molecule has 0 aliphatic heterocycles. The van der Waals surface area contributed by atoms with Crippen LogP contribution in [0.15, 0.2) is 18.2 Å². The molecule has 5 nitrogen and oxygen atoms in total. The van der Waals surface area contributed by atoms with Gasteiger partial charge in [0.25, 0.3) is 7.41 Å². The average Bonchev–Trinajstić information content (AvgIpc) is 2.60. The van der Waals surface area contributed by atoms with Crippen LogP contribution in [0.4, 0.5) is 5.69 Å². The van der Waals surface area contributed by atoms with Gasteiger partial charge in [-0.1, -0.05) is 6.07 Å². The highest BCUT2D eigenvalue weighted by Crippen LogP contribution is 2.29. The molecular weight excluding hydrogens is 398 g/mol. The van der Waals surface area contributed by atoms with Gasteiger partial charge in [-0.05, 0) is 57.5 Å². The van der Waals surface area contributed by atoms with Crippen LogP contribution in [0, 0.1) is 6.92 Å². The fourth-order valence-corrected chi connectivity index (χ4v) is 3.38. The predicted molar refractivity (Wildman–Crippen MR) is 119 cm³/mol. The summed E-state index contributed by atoms with van der Waals surface area (Å²) in [5.74, 6) is 0.586. The Morgan fingerprint density at radius 1 is 1.29 bits per heavy atom. The first-order valence-electron chi connectivity index (χ1n) is 9.41. The zero-order chi connectivity index (χ0) is 21.2. The molecule has 0 saturated carbocycles. The molecular formula is C20H30BCl2N2O3. The van der Waals surface area contributed by atoms with E-state index in [1.807, 2.05) is 39.8 Å². The first kappa shape index (κ1) is 24.8. The lowest BCUT2D eigenvalue weighted by molar-refractivity contribution is -0.155. The minimum atomic E-state index is -0.543. The molecule has 0 amide bonds. The lowest BCUT2D eigenvalue weighted by atomic mass is 9.88. The monoisotopic (exact) mass is 427 g/mol. The van der Waals surface area contributed by atoms with Gasteiger partial charge in [-0.3, -0.25) is 4.79 Å². The van der Waals surface area contributed by atoms with E-state index in [1.54, 1.807) is 0 Å². The van der Waals surface area contributed by atoms with Crippen molar-refractivity contribution in [3.8, 4) is 0 Å². The largest absolute Gasteiger partial charge is 0.460 e. The van der Waals surface area contributed by atoms with Crippen LogP contribution in [0.5, 0.6) is 0 Å². The molecule has 1 unspecified atom stereocenters. The molecule has 0 aliphatic carbocycles. The molecule has 0 bridgehead atoms. The molecule has 155 valence electrons. The molecule has 1 aromatic rings. The zero-order valence-electron chi connectivity index (χ0n) is 17.1. The predicted octanol–water partition coefficient (Wildman–Crippen LogP) is 3.49. The summed E-state index contributed by atoms with van der Waals surface area (Å²) < 4.78 is 5.50. The summed E-state index contributed by atoms with van der Waals surface area (Å²) in [4.78, 5) is 25.2. The Morgan fingerprint density at radius 2 is 1.93 bits per heavy atom. The number of nitrogens with zero attached hydrogens (tertiary/aromatic N) is 1. The lowest BCUT2D eigenvalue weighted by Gasteiger charge is -2.27. The van der Waals surface area contributed by atoms with E-state index < -0.39 is 5.60 Å². The number of carbonyl (C=O) groups excluding carboxylic acids is 2. The highest BCUT2D eigenvalue weighted by molar-refractivity contribution is 6.64. The molecule has 0 heterocycles. The van der Waals surface area contributed by atoms with Crippen LogP contribution < -0.4 is 10.1 Å². The van der Waals surface area contributed by atoms with Gasteiger partial charge in [-0.25, -0.2) is 0 Å². The van der Waals surface area contributed by atoms with Crippen molar-refractivity contribution in [3.63, 3.8) is 0 Å². The van der Waals surface area contributed by atoms with Crippen molar-refractivity contribution in [3.05, 3.63) is 29.3 Å². The zero-order valence-corrected chi connectivity index (χ0v) is 18.6. The third kappa shape index (κ3) is 8.85. The van der Waals surface area contributed by atoms with Crippen LogP contribution in [0.2, 0.25) is 0 Å². The number of aryl methyl sites for hydroxylation is 1. The summed E-state index contributed by atoms with van der Waals surface area (Å²) in [6.45, 7) is 9.38. The van der Waals surface area contributed by atoms with Gasteiger partial charge in [0.2, 0.25) is 0 Å². The quantitative estimate of drug-likeness (QED) is 0.182. The van der Waals surface area contributed by atoms with Crippen LogP contribution in [0.3, 0.4) is 0 Å². The van der Waals surface area contributed by atoms with Crippen LogP contribution in [-0.2, 0) is 14.3 Å². The van der Waals surface area contributed by atoms with Gasteiger partial charge < -0.3 is 19.7 Å². The van der Waals surface area contributed by atoms with E-state index in [9.17, 15) is 9.59 Å². The Labute approximate surface area is 179 Å². The standard InChI is InChI=1S/C20H30BCl2N2O3/c1-15-5-6-17(25(9-7-22)10-8-23)12-18(15)16(13-24-21-14-26)11-19(27)28-20(2,3)4/h5-6,12,14,16,24H,7-11,13H2,1-4H3. The molecule has 1 N–H and O–H groups in total. The molecule has 1 aromatic carbocycles. The third-order valence-corrected chi connectivity index (χ3v) is 4.50. The van der Waals surface area contributed by atoms with Gasteiger partial charge in [-0.15, -0.1) is 23.2 Å². The van der Waals surface area contributed by atoms with Crippen molar-refractivity contribution in [2.75, 3.05) is 36.3 Å². The summed E-state index contributed by atoms with van der Waals surface area (Å²) in [6.07, 6.45) is 0.906. The van der Waals surface area contributed by atoms with Crippen LogP contribution in [0.25, 0.3) is 0 Å². The van der Waals surface area contributed by atoms with Crippen molar-refractivity contribution in [1.29, 1.82) is 0 Å². The van der Waals surface area contributed by atoms with E-state index in [-0.39, 0.29) is 18.3 Å². The molecule has 0 aliphatic rings. The van der Waals surface area contributed by atoms with Crippen molar-refractivity contribution in [1.82, 2.24) is 5.23 Å². The van der Waals surface area contributed by atoms with Gasteiger partial charge in [-0.2, -0.15) is 0 Å². The number of esters is 1. The number of hydrogen-bond donors (Lipinski definition) is 1. The second kappa shape index (κ2) is 12.4. The fourth-order valence-electron chi connectivity index (χ4n) is 2.97. The van der Waals surface area contributed by atoms with Crippen molar-refractivity contribution in [2.24, 2.45) is 0 Å². The summed E-state index contributed by atoms with van der Waals surface area (Å²) in [5.41, 5.74) is 2.57. The first-order valence-corrected chi connectivity index (χ1v) is 10.5. The SMILES string of the molecule is Cc1ccc(N(CCCl)CCCl)cc1C(CN[B]C=O)CC(=O)OC(C)(C)C. The van der Waals surface area contributed by atoms with E-state index in [0.717, 1.165) is 16.8 Å². The smallest absolute Gasteiger partial charge is 0.306 e. The summed E-state index contributed by atoms with van der Waals surface area (Å²) in [6, 6.07) is 6.14. The summed E-state index contributed by atoms with van der Waals surface area (Å²) in [5, 5.41) is 2.97. The maximum absolute atomic E-state index is 12.4. The average molecular weight is 428 g/mol. The Balaban J connectivity index is 3.13. The third-order valence-electron chi connectivity index (χ3n) is 4.16. The van der Waals surface area contributed by atoms with E-state index in [2.05, 4.69) is 16.2 Å². The number of hydrogen-bond acceptors (Lipinski definition) is 5. The second-order valence-corrected chi connectivity index (χ2v) is 8.36. The first-order chi connectivity index (χ1) is 13.2. The van der Waals surface area contributed by atoms with Crippen LogP contribution >= 0.6 is 23.2 Å². The minimum Gasteiger partial charge on any atom is -0.460 e. The van der Waals surface area contributed by atoms with Crippen LogP contribution in [-0.4, -0.2) is 56.6 Å². The molecule has 1 radical (unpaired) electrons.